The lowest BCUT2D eigenvalue weighted by Gasteiger charge is -2.31. The van der Waals surface area contributed by atoms with Gasteiger partial charge in [0.2, 0.25) is 0 Å². The van der Waals surface area contributed by atoms with Gasteiger partial charge in [-0.2, -0.15) is 0 Å². The molecule has 0 aliphatic carbocycles. The van der Waals surface area contributed by atoms with Crippen LogP contribution in [0.25, 0.3) is 0 Å². The van der Waals surface area contributed by atoms with E-state index in [9.17, 15) is 0 Å². The monoisotopic (exact) mass is 319 g/mol. The second kappa shape index (κ2) is 15.2. The van der Waals surface area contributed by atoms with Gasteiger partial charge in [-0.05, 0) is 25.7 Å². The Kier molecular flexibility index (Phi) is 17.0. The Bertz CT molecular complexity index is 204. The minimum absolute atomic E-state index is 0. The zero-order valence-corrected chi connectivity index (χ0v) is 16.1. The van der Waals surface area contributed by atoms with E-state index in [1.807, 2.05) is 0 Å². The first kappa shape index (κ1) is 23.5. The summed E-state index contributed by atoms with van der Waals surface area (Å²) >= 11 is 0. The molecule has 0 saturated carbocycles. The van der Waals surface area contributed by atoms with E-state index in [4.69, 9.17) is 5.73 Å². The maximum atomic E-state index is 6.39. The molecule has 0 bridgehead atoms. The highest BCUT2D eigenvalue weighted by atomic mass is 35.5. The molecule has 130 valence electrons. The predicted molar refractivity (Wildman–Crippen MR) is 100 cm³/mol. The smallest absolute Gasteiger partial charge is 0.0151 e. The van der Waals surface area contributed by atoms with Crippen LogP contribution in [0.2, 0.25) is 0 Å². The highest BCUT2D eigenvalue weighted by Crippen LogP contribution is 2.25. The van der Waals surface area contributed by atoms with Crippen LogP contribution in [-0.2, 0) is 0 Å². The van der Waals surface area contributed by atoms with Gasteiger partial charge in [-0.3, -0.25) is 0 Å². The first-order valence-corrected chi connectivity index (χ1v) is 9.33. The van der Waals surface area contributed by atoms with Crippen molar-refractivity contribution in [2.24, 2.45) is 11.7 Å². The van der Waals surface area contributed by atoms with E-state index >= 15 is 0 Å². The Labute approximate surface area is 141 Å². The van der Waals surface area contributed by atoms with Crippen LogP contribution >= 0.6 is 12.4 Å². The molecule has 0 fully saturated rings. The summed E-state index contributed by atoms with van der Waals surface area (Å²) in [4.78, 5) is 0. The van der Waals surface area contributed by atoms with Crippen molar-refractivity contribution in [3.63, 3.8) is 0 Å². The van der Waals surface area contributed by atoms with Crippen LogP contribution in [0.3, 0.4) is 0 Å². The Morgan fingerprint density at radius 1 is 0.762 bits per heavy atom. The van der Waals surface area contributed by atoms with Crippen LogP contribution in [0.15, 0.2) is 0 Å². The van der Waals surface area contributed by atoms with Crippen LogP contribution in [-0.4, -0.2) is 5.54 Å². The fourth-order valence-electron chi connectivity index (χ4n) is 3.05. The van der Waals surface area contributed by atoms with Crippen molar-refractivity contribution < 1.29 is 0 Å². The molecule has 0 heterocycles. The normalized spacial score (nSPS) is 15.3. The SMILES string of the molecule is CCCCCCCCCCCCC(C)C(C)(N)CCC.Cl. The molecule has 0 rings (SSSR count). The van der Waals surface area contributed by atoms with Gasteiger partial charge in [0.25, 0.3) is 0 Å². The van der Waals surface area contributed by atoms with Gasteiger partial charge in [-0.15, -0.1) is 12.4 Å². The Balaban J connectivity index is 0. The topological polar surface area (TPSA) is 26.0 Å². The third-order valence-electron chi connectivity index (χ3n) is 4.91. The van der Waals surface area contributed by atoms with Crippen molar-refractivity contribution in [1.29, 1.82) is 0 Å². The fourth-order valence-corrected chi connectivity index (χ4v) is 3.05. The minimum atomic E-state index is 0. The van der Waals surface area contributed by atoms with Crippen LogP contribution < -0.4 is 5.73 Å². The Hall–Kier alpha value is 0.250. The van der Waals surface area contributed by atoms with Crippen molar-refractivity contribution in [3.8, 4) is 0 Å². The molecular weight excluding hydrogens is 278 g/mol. The lowest BCUT2D eigenvalue weighted by molar-refractivity contribution is 0.271. The van der Waals surface area contributed by atoms with Crippen molar-refractivity contribution in [1.82, 2.24) is 0 Å². The minimum Gasteiger partial charge on any atom is -0.325 e. The summed E-state index contributed by atoms with van der Waals surface area (Å²) in [6, 6.07) is 0. The molecule has 0 spiro atoms. The van der Waals surface area contributed by atoms with Gasteiger partial charge < -0.3 is 5.73 Å². The molecule has 0 aliphatic rings. The zero-order valence-electron chi connectivity index (χ0n) is 15.3. The molecule has 1 nitrogen and oxygen atoms in total. The van der Waals surface area contributed by atoms with Gasteiger partial charge in [-0.1, -0.05) is 91.4 Å². The summed E-state index contributed by atoms with van der Waals surface area (Å²) in [5.74, 6) is 0.663. The van der Waals surface area contributed by atoms with E-state index in [-0.39, 0.29) is 17.9 Å². The second-order valence-corrected chi connectivity index (χ2v) is 7.13. The first-order valence-electron chi connectivity index (χ1n) is 9.33. The van der Waals surface area contributed by atoms with Crippen LogP contribution in [0.4, 0.5) is 0 Å². The molecule has 0 aromatic carbocycles. The van der Waals surface area contributed by atoms with Crippen LogP contribution in [0.5, 0.6) is 0 Å². The summed E-state index contributed by atoms with van der Waals surface area (Å²) < 4.78 is 0. The average molecular weight is 320 g/mol. The van der Waals surface area contributed by atoms with E-state index < -0.39 is 0 Å². The van der Waals surface area contributed by atoms with Gasteiger partial charge in [0.1, 0.15) is 0 Å². The molecular formula is C19H42ClN. The first-order chi connectivity index (χ1) is 9.54. The van der Waals surface area contributed by atoms with Gasteiger partial charge in [0.05, 0.1) is 0 Å². The van der Waals surface area contributed by atoms with Gasteiger partial charge in [0.15, 0.2) is 0 Å². The molecule has 2 N–H and O–H groups in total. The maximum absolute atomic E-state index is 6.39. The predicted octanol–water partition coefficient (Wildman–Crippen LogP) is 6.87. The van der Waals surface area contributed by atoms with Gasteiger partial charge in [0, 0.05) is 5.54 Å². The van der Waals surface area contributed by atoms with E-state index in [1.165, 1.54) is 77.0 Å². The number of rotatable bonds is 14. The number of halogens is 1. The fraction of sp³-hybridized carbons (Fsp3) is 1.00. The number of unbranched alkanes of at least 4 members (excludes halogenated alkanes) is 9. The van der Waals surface area contributed by atoms with Crippen molar-refractivity contribution in [2.75, 3.05) is 0 Å². The average Bonchev–Trinajstić information content (AvgIpc) is 2.40. The molecule has 0 aliphatic heterocycles. The Morgan fingerprint density at radius 3 is 1.62 bits per heavy atom. The molecule has 0 radical (unpaired) electrons. The second-order valence-electron chi connectivity index (χ2n) is 7.13. The molecule has 0 saturated heterocycles. The molecule has 21 heavy (non-hydrogen) atoms. The summed E-state index contributed by atoms with van der Waals surface area (Å²) in [6.07, 6.45) is 17.9. The van der Waals surface area contributed by atoms with E-state index in [1.54, 1.807) is 0 Å². The maximum Gasteiger partial charge on any atom is 0.0151 e. The largest absolute Gasteiger partial charge is 0.325 e. The van der Waals surface area contributed by atoms with Crippen molar-refractivity contribution in [2.45, 2.75) is 117 Å². The van der Waals surface area contributed by atoms with E-state index in [0.717, 1.165) is 6.42 Å². The van der Waals surface area contributed by atoms with Gasteiger partial charge in [-0.25, -0.2) is 0 Å². The summed E-state index contributed by atoms with van der Waals surface area (Å²) in [5, 5.41) is 0. The lowest BCUT2D eigenvalue weighted by Crippen LogP contribution is -2.42. The summed E-state index contributed by atoms with van der Waals surface area (Å²) in [7, 11) is 0. The third kappa shape index (κ3) is 13.6. The highest BCUT2D eigenvalue weighted by Gasteiger charge is 2.24. The molecule has 0 aromatic heterocycles. The zero-order chi connectivity index (χ0) is 15.3. The van der Waals surface area contributed by atoms with E-state index in [2.05, 4.69) is 27.7 Å². The molecule has 2 unspecified atom stereocenters. The number of hydrogen-bond acceptors (Lipinski definition) is 1. The lowest BCUT2D eigenvalue weighted by atomic mass is 9.81. The van der Waals surface area contributed by atoms with Gasteiger partial charge >= 0.3 is 0 Å². The van der Waals surface area contributed by atoms with Crippen LogP contribution in [0, 0.1) is 5.92 Å². The van der Waals surface area contributed by atoms with E-state index in [0.29, 0.717) is 5.92 Å². The van der Waals surface area contributed by atoms with Crippen LogP contribution in [0.1, 0.15) is 111 Å². The van der Waals surface area contributed by atoms with Crippen molar-refractivity contribution >= 4 is 12.4 Å². The number of hydrogen-bond donors (Lipinski definition) is 1. The molecule has 0 aromatic rings. The standard InChI is InChI=1S/C19H41N.ClH/c1-5-7-8-9-10-11-12-13-14-15-16-18(3)19(4,20)17-6-2;/h18H,5-17,20H2,1-4H3;1H. The molecule has 0 amide bonds. The Morgan fingerprint density at radius 2 is 1.19 bits per heavy atom. The summed E-state index contributed by atoms with van der Waals surface area (Å²) in [5.41, 5.74) is 6.44. The molecule has 2 heteroatoms. The molecule has 2 atom stereocenters. The van der Waals surface area contributed by atoms with Crippen molar-refractivity contribution in [3.05, 3.63) is 0 Å². The highest BCUT2D eigenvalue weighted by molar-refractivity contribution is 5.85. The summed E-state index contributed by atoms with van der Waals surface area (Å²) in [6.45, 7) is 9.09. The third-order valence-corrected chi connectivity index (χ3v) is 4.91. The number of nitrogens with two attached hydrogens (primary N) is 1. The quantitative estimate of drug-likeness (QED) is 0.347.